The molecule has 1 aromatic carbocycles. The maximum atomic E-state index is 6.04. The average Bonchev–Trinajstić information content (AvgIpc) is 2.98. The Labute approximate surface area is 118 Å². The number of anilines is 2. The van der Waals surface area contributed by atoms with Crippen LogP contribution in [0.5, 0.6) is 0 Å². The number of rotatable bonds is 3. The van der Waals surface area contributed by atoms with Crippen LogP contribution in [0, 0.1) is 5.92 Å². The fourth-order valence-corrected chi connectivity index (χ4v) is 3.61. The molecule has 3 nitrogen and oxygen atoms in total. The molecule has 1 heterocycles. The summed E-state index contributed by atoms with van der Waals surface area (Å²) in [5, 5.41) is 4.77. The molecule has 4 heteroatoms. The van der Waals surface area contributed by atoms with Crippen molar-refractivity contribution in [2.24, 2.45) is 5.92 Å². The molecule has 2 atom stereocenters. The highest BCUT2D eigenvalue weighted by molar-refractivity contribution is 7.11. The number of nitrogen functional groups attached to an aromatic ring is 1. The van der Waals surface area contributed by atoms with Crippen LogP contribution in [-0.4, -0.2) is 10.4 Å². The van der Waals surface area contributed by atoms with Gasteiger partial charge in [-0.1, -0.05) is 43.7 Å². The van der Waals surface area contributed by atoms with Gasteiger partial charge in [-0.15, -0.1) is 0 Å². The first-order valence-corrected chi connectivity index (χ1v) is 7.60. The highest BCUT2D eigenvalue weighted by Gasteiger charge is 2.25. The predicted molar refractivity (Wildman–Crippen MR) is 82.4 cm³/mol. The molecule has 2 unspecified atom stereocenters. The van der Waals surface area contributed by atoms with Crippen molar-refractivity contribution in [2.75, 3.05) is 11.1 Å². The van der Waals surface area contributed by atoms with Crippen LogP contribution >= 0.6 is 11.5 Å². The quantitative estimate of drug-likeness (QED) is 0.889. The zero-order valence-corrected chi connectivity index (χ0v) is 11.9. The molecule has 1 aliphatic rings. The van der Waals surface area contributed by atoms with E-state index in [0.29, 0.717) is 11.9 Å². The largest absolute Gasteiger partial charge is 0.382 e. The Balaban J connectivity index is 1.91. The molecule has 3 rings (SSSR count). The number of aromatic nitrogens is 1. The fourth-order valence-electron chi connectivity index (χ4n) is 2.81. The van der Waals surface area contributed by atoms with E-state index in [1.54, 1.807) is 0 Å². The molecule has 19 heavy (non-hydrogen) atoms. The summed E-state index contributed by atoms with van der Waals surface area (Å²) in [6.45, 7) is 2.32. The van der Waals surface area contributed by atoms with E-state index >= 15 is 0 Å². The van der Waals surface area contributed by atoms with Crippen LogP contribution in [0.2, 0.25) is 0 Å². The molecule has 0 radical (unpaired) electrons. The topological polar surface area (TPSA) is 50.9 Å². The van der Waals surface area contributed by atoms with Crippen LogP contribution in [0.25, 0.3) is 11.1 Å². The van der Waals surface area contributed by atoms with E-state index in [0.717, 1.165) is 22.0 Å². The molecule has 0 aliphatic heterocycles. The van der Waals surface area contributed by atoms with E-state index in [4.69, 9.17) is 5.73 Å². The molecule has 100 valence electrons. The van der Waals surface area contributed by atoms with Gasteiger partial charge in [-0.05, 0) is 35.9 Å². The number of benzene rings is 1. The van der Waals surface area contributed by atoms with Crippen molar-refractivity contribution in [1.29, 1.82) is 0 Å². The zero-order chi connectivity index (χ0) is 13.2. The third-order valence-corrected chi connectivity index (χ3v) is 4.75. The van der Waals surface area contributed by atoms with Crippen molar-refractivity contribution in [3.63, 3.8) is 0 Å². The molecular formula is C15H19N3S. The minimum absolute atomic E-state index is 0.558. The van der Waals surface area contributed by atoms with Gasteiger partial charge in [0.1, 0.15) is 10.8 Å². The summed E-state index contributed by atoms with van der Waals surface area (Å²) in [7, 11) is 0. The molecule has 0 spiro atoms. The van der Waals surface area contributed by atoms with E-state index in [9.17, 15) is 0 Å². The van der Waals surface area contributed by atoms with Crippen LogP contribution in [0.4, 0.5) is 10.8 Å². The van der Waals surface area contributed by atoms with Gasteiger partial charge >= 0.3 is 0 Å². The standard InChI is InChI=1S/C15H19N3S/c1-10-6-5-9-12(10)17-15-13(14(16)18-19-15)11-7-3-2-4-8-11/h2-4,7-8,10,12,17H,5-6,9H2,1H3,(H2,16,18). The summed E-state index contributed by atoms with van der Waals surface area (Å²) >= 11 is 1.47. The number of hydrogen-bond donors (Lipinski definition) is 2. The third kappa shape index (κ3) is 2.45. The second-order valence-corrected chi connectivity index (χ2v) is 6.07. The Morgan fingerprint density at radius 3 is 2.74 bits per heavy atom. The Hall–Kier alpha value is -1.55. The molecular weight excluding hydrogens is 254 g/mol. The van der Waals surface area contributed by atoms with E-state index in [-0.39, 0.29) is 0 Å². The molecule has 1 saturated carbocycles. The van der Waals surface area contributed by atoms with Crippen molar-refractivity contribution < 1.29 is 0 Å². The summed E-state index contributed by atoms with van der Waals surface area (Å²) in [5.41, 5.74) is 8.24. The molecule has 1 aromatic heterocycles. The fraction of sp³-hybridized carbons (Fsp3) is 0.400. The van der Waals surface area contributed by atoms with E-state index < -0.39 is 0 Å². The van der Waals surface area contributed by atoms with Gasteiger partial charge < -0.3 is 11.1 Å². The van der Waals surface area contributed by atoms with Gasteiger partial charge in [0, 0.05) is 6.04 Å². The van der Waals surface area contributed by atoms with Gasteiger partial charge in [0.05, 0.1) is 5.56 Å². The van der Waals surface area contributed by atoms with Crippen molar-refractivity contribution in [3.8, 4) is 11.1 Å². The number of nitrogens with one attached hydrogen (secondary N) is 1. The van der Waals surface area contributed by atoms with Crippen LogP contribution in [0.3, 0.4) is 0 Å². The minimum atomic E-state index is 0.558. The van der Waals surface area contributed by atoms with E-state index in [2.05, 4.69) is 28.7 Å². The first-order chi connectivity index (χ1) is 9.25. The minimum Gasteiger partial charge on any atom is -0.382 e. The highest BCUT2D eigenvalue weighted by Crippen LogP contribution is 2.39. The zero-order valence-electron chi connectivity index (χ0n) is 11.1. The maximum Gasteiger partial charge on any atom is 0.147 e. The molecule has 1 aliphatic carbocycles. The van der Waals surface area contributed by atoms with Crippen LogP contribution in [-0.2, 0) is 0 Å². The Morgan fingerprint density at radius 2 is 2.05 bits per heavy atom. The van der Waals surface area contributed by atoms with Crippen molar-refractivity contribution >= 4 is 22.4 Å². The van der Waals surface area contributed by atoms with Crippen LogP contribution in [0.1, 0.15) is 26.2 Å². The lowest BCUT2D eigenvalue weighted by molar-refractivity contribution is 0.557. The molecule has 1 fully saturated rings. The normalized spacial score (nSPS) is 22.6. The first kappa shape index (κ1) is 12.5. The highest BCUT2D eigenvalue weighted by atomic mass is 32.1. The first-order valence-electron chi connectivity index (χ1n) is 6.83. The van der Waals surface area contributed by atoms with Gasteiger partial charge in [0.15, 0.2) is 0 Å². The summed E-state index contributed by atoms with van der Waals surface area (Å²) in [6.07, 6.45) is 3.87. The average molecular weight is 273 g/mol. The number of nitrogens with two attached hydrogens (primary N) is 1. The van der Waals surface area contributed by atoms with Gasteiger partial charge in [0.2, 0.25) is 0 Å². The van der Waals surface area contributed by atoms with Crippen LogP contribution < -0.4 is 11.1 Å². The lowest BCUT2D eigenvalue weighted by atomic mass is 10.1. The third-order valence-electron chi connectivity index (χ3n) is 3.96. The Kier molecular flexibility index (Phi) is 3.42. The van der Waals surface area contributed by atoms with Crippen LogP contribution in [0.15, 0.2) is 30.3 Å². The maximum absolute atomic E-state index is 6.04. The second kappa shape index (κ2) is 5.21. The van der Waals surface area contributed by atoms with Gasteiger partial charge in [0.25, 0.3) is 0 Å². The lowest BCUT2D eigenvalue weighted by Gasteiger charge is -2.18. The second-order valence-electron chi connectivity index (χ2n) is 5.30. The van der Waals surface area contributed by atoms with E-state index in [1.807, 2.05) is 18.2 Å². The summed E-state index contributed by atoms with van der Waals surface area (Å²) in [4.78, 5) is 0. The Bertz CT molecular complexity index is 550. The van der Waals surface area contributed by atoms with Gasteiger partial charge in [-0.2, -0.15) is 4.37 Å². The SMILES string of the molecule is CC1CCCC1Nc1snc(N)c1-c1ccccc1. The predicted octanol–water partition coefficient (Wildman–Crippen LogP) is 3.99. The number of nitrogens with zero attached hydrogens (tertiary/aromatic N) is 1. The van der Waals surface area contributed by atoms with Crippen molar-refractivity contribution in [1.82, 2.24) is 4.37 Å². The summed E-state index contributed by atoms with van der Waals surface area (Å²) in [5.74, 6) is 1.36. The molecule has 0 saturated heterocycles. The molecule has 3 N–H and O–H groups in total. The smallest absolute Gasteiger partial charge is 0.147 e. The molecule has 0 amide bonds. The monoisotopic (exact) mass is 273 g/mol. The van der Waals surface area contributed by atoms with Crippen molar-refractivity contribution in [3.05, 3.63) is 30.3 Å². The van der Waals surface area contributed by atoms with Gasteiger partial charge in [-0.3, -0.25) is 0 Å². The summed E-state index contributed by atoms with van der Waals surface area (Å²) in [6, 6.07) is 10.8. The van der Waals surface area contributed by atoms with E-state index in [1.165, 1.54) is 30.8 Å². The van der Waals surface area contributed by atoms with Gasteiger partial charge in [-0.25, -0.2) is 0 Å². The number of hydrogen-bond acceptors (Lipinski definition) is 4. The summed E-state index contributed by atoms with van der Waals surface area (Å²) < 4.78 is 4.32. The molecule has 2 aromatic rings. The Morgan fingerprint density at radius 1 is 1.26 bits per heavy atom. The van der Waals surface area contributed by atoms with Crippen molar-refractivity contribution in [2.45, 2.75) is 32.2 Å². The molecule has 0 bridgehead atoms. The lowest BCUT2D eigenvalue weighted by Crippen LogP contribution is -2.21.